The number of halogens is 1. The van der Waals surface area contributed by atoms with Gasteiger partial charge in [0.2, 0.25) is 0 Å². The average Bonchev–Trinajstić information content (AvgIpc) is 2.36. The van der Waals surface area contributed by atoms with Crippen LogP contribution in [0.3, 0.4) is 0 Å². The number of esters is 1. The molecule has 0 amide bonds. The number of anilines is 1. The van der Waals surface area contributed by atoms with Crippen molar-refractivity contribution >= 4 is 23.3 Å². The highest BCUT2D eigenvalue weighted by Crippen LogP contribution is 2.27. The van der Waals surface area contributed by atoms with Crippen LogP contribution in [-0.4, -0.2) is 26.7 Å². The molecule has 0 bridgehead atoms. The van der Waals surface area contributed by atoms with Crippen LogP contribution in [0, 0.1) is 5.92 Å². The Morgan fingerprint density at radius 1 is 1.47 bits per heavy atom. The number of carbonyl (C=O) groups excluding carboxylic acids is 1. The van der Waals surface area contributed by atoms with E-state index >= 15 is 0 Å². The third kappa shape index (κ3) is 3.82. The summed E-state index contributed by atoms with van der Waals surface area (Å²) in [6.07, 6.45) is 0. The van der Waals surface area contributed by atoms with Gasteiger partial charge in [-0.05, 0) is 12.1 Å². The van der Waals surface area contributed by atoms with Gasteiger partial charge in [-0.15, -0.1) is 0 Å². The third-order valence-corrected chi connectivity index (χ3v) is 2.68. The van der Waals surface area contributed by atoms with E-state index in [0.717, 1.165) is 5.69 Å². The lowest BCUT2D eigenvalue weighted by Crippen LogP contribution is -2.21. The van der Waals surface area contributed by atoms with Gasteiger partial charge in [0.15, 0.2) is 0 Å². The van der Waals surface area contributed by atoms with Crippen LogP contribution in [0.5, 0.6) is 5.75 Å². The maximum atomic E-state index is 11.2. The molecule has 0 heterocycles. The molecule has 0 radical (unpaired) electrons. The number of nitrogens with one attached hydrogen (secondary N) is 1. The van der Waals surface area contributed by atoms with Gasteiger partial charge in [-0.1, -0.05) is 18.5 Å². The van der Waals surface area contributed by atoms with E-state index in [2.05, 4.69) is 10.1 Å². The summed E-state index contributed by atoms with van der Waals surface area (Å²) in [5.41, 5.74) is 0.849. The molecule has 1 rings (SSSR count). The second kappa shape index (κ2) is 6.35. The van der Waals surface area contributed by atoms with Gasteiger partial charge in [-0.2, -0.15) is 0 Å². The standard InChI is InChI=1S/C12H16ClNO3/c1-8(12(15)17-3)7-14-9-4-5-10(13)11(6-9)16-2/h4-6,8,14H,7H2,1-3H3. The summed E-state index contributed by atoms with van der Waals surface area (Å²) >= 11 is 5.91. The summed E-state index contributed by atoms with van der Waals surface area (Å²) < 4.78 is 9.74. The third-order valence-electron chi connectivity index (χ3n) is 2.37. The maximum absolute atomic E-state index is 11.2. The zero-order valence-electron chi connectivity index (χ0n) is 10.1. The van der Waals surface area contributed by atoms with Crippen molar-refractivity contribution in [3.05, 3.63) is 23.2 Å². The molecule has 1 aromatic carbocycles. The van der Waals surface area contributed by atoms with Crippen molar-refractivity contribution in [2.24, 2.45) is 5.92 Å². The molecule has 1 atom stereocenters. The van der Waals surface area contributed by atoms with Crippen molar-refractivity contribution in [2.75, 3.05) is 26.1 Å². The number of hydrogen-bond acceptors (Lipinski definition) is 4. The monoisotopic (exact) mass is 257 g/mol. The van der Waals surface area contributed by atoms with Crippen LogP contribution >= 0.6 is 11.6 Å². The summed E-state index contributed by atoms with van der Waals surface area (Å²) in [7, 11) is 2.94. The topological polar surface area (TPSA) is 47.6 Å². The number of hydrogen-bond donors (Lipinski definition) is 1. The molecular weight excluding hydrogens is 242 g/mol. The molecule has 0 spiro atoms. The molecule has 0 aliphatic carbocycles. The van der Waals surface area contributed by atoms with Gasteiger partial charge in [0.1, 0.15) is 5.75 Å². The first-order valence-electron chi connectivity index (χ1n) is 5.23. The number of benzene rings is 1. The fourth-order valence-electron chi connectivity index (χ4n) is 1.33. The fourth-order valence-corrected chi connectivity index (χ4v) is 1.52. The van der Waals surface area contributed by atoms with Gasteiger partial charge in [-0.25, -0.2) is 0 Å². The second-order valence-electron chi connectivity index (χ2n) is 3.65. The molecule has 17 heavy (non-hydrogen) atoms. The van der Waals surface area contributed by atoms with Crippen molar-refractivity contribution in [1.82, 2.24) is 0 Å². The van der Waals surface area contributed by atoms with Crippen LogP contribution in [-0.2, 0) is 9.53 Å². The highest BCUT2D eigenvalue weighted by Gasteiger charge is 2.12. The van der Waals surface area contributed by atoms with Gasteiger partial charge in [0, 0.05) is 18.3 Å². The molecule has 94 valence electrons. The first-order chi connectivity index (χ1) is 8.08. The molecule has 0 aromatic heterocycles. The lowest BCUT2D eigenvalue weighted by molar-refractivity contribution is -0.144. The minimum atomic E-state index is -0.238. The summed E-state index contributed by atoms with van der Waals surface area (Å²) in [5.74, 6) is 0.155. The minimum absolute atomic E-state index is 0.207. The highest BCUT2D eigenvalue weighted by atomic mass is 35.5. The summed E-state index contributed by atoms with van der Waals surface area (Å²) in [5, 5.41) is 3.68. The second-order valence-corrected chi connectivity index (χ2v) is 4.06. The average molecular weight is 258 g/mol. The summed E-state index contributed by atoms with van der Waals surface area (Å²) in [6.45, 7) is 2.30. The van der Waals surface area contributed by atoms with Crippen molar-refractivity contribution < 1.29 is 14.3 Å². The predicted molar refractivity (Wildman–Crippen MR) is 67.7 cm³/mol. The van der Waals surface area contributed by atoms with Crippen molar-refractivity contribution in [1.29, 1.82) is 0 Å². The molecule has 0 fully saturated rings. The zero-order chi connectivity index (χ0) is 12.8. The van der Waals surface area contributed by atoms with Gasteiger partial charge >= 0.3 is 5.97 Å². The molecule has 0 saturated heterocycles. The molecule has 5 heteroatoms. The predicted octanol–water partition coefficient (Wildman–Crippen LogP) is 2.57. The van der Waals surface area contributed by atoms with E-state index in [9.17, 15) is 4.79 Å². The van der Waals surface area contributed by atoms with Crippen LogP contribution in [0.4, 0.5) is 5.69 Å². The highest BCUT2D eigenvalue weighted by molar-refractivity contribution is 6.32. The molecule has 0 aliphatic heterocycles. The normalized spacial score (nSPS) is 11.8. The van der Waals surface area contributed by atoms with E-state index in [1.807, 2.05) is 6.07 Å². The van der Waals surface area contributed by atoms with Gasteiger partial charge in [0.25, 0.3) is 0 Å². The molecular formula is C12H16ClNO3. The van der Waals surface area contributed by atoms with Crippen LogP contribution in [0.25, 0.3) is 0 Å². The van der Waals surface area contributed by atoms with Gasteiger partial charge in [-0.3, -0.25) is 4.79 Å². The molecule has 1 N–H and O–H groups in total. The Morgan fingerprint density at radius 2 is 2.18 bits per heavy atom. The van der Waals surface area contributed by atoms with Crippen LogP contribution in [0.1, 0.15) is 6.92 Å². The summed E-state index contributed by atoms with van der Waals surface area (Å²) in [4.78, 5) is 11.2. The Bertz CT molecular complexity index is 395. The SMILES string of the molecule is COC(=O)C(C)CNc1ccc(Cl)c(OC)c1. The van der Waals surface area contributed by atoms with E-state index in [-0.39, 0.29) is 11.9 Å². The first-order valence-corrected chi connectivity index (χ1v) is 5.61. The van der Waals surface area contributed by atoms with Crippen LogP contribution in [0.2, 0.25) is 5.02 Å². The zero-order valence-corrected chi connectivity index (χ0v) is 10.9. The van der Waals surface area contributed by atoms with Gasteiger partial charge < -0.3 is 14.8 Å². The van der Waals surface area contributed by atoms with Gasteiger partial charge in [0.05, 0.1) is 25.2 Å². The van der Waals surface area contributed by atoms with Crippen molar-refractivity contribution in [3.63, 3.8) is 0 Å². The Kier molecular flexibility index (Phi) is 5.10. The molecule has 4 nitrogen and oxygen atoms in total. The van der Waals surface area contributed by atoms with E-state index < -0.39 is 0 Å². The number of methoxy groups -OCH3 is 2. The quantitative estimate of drug-likeness (QED) is 0.824. The smallest absolute Gasteiger partial charge is 0.310 e. The largest absolute Gasteiger partial charge is 0.495 e. The molecule has 0 aliphatic rings. The molecule has 1 aromatic rings. The molecule has 1 unspecified atom stereocenters. The van der Waals surface area contributed by atoms with E-state index in [1.165, 1.54) is 7.11 Å². The first kappa shape index (κ1) is 13.6. The lowest BCUT2D eigenvalue weighted by atomic mass is 10.2. The van der Waals surface area contributed by atoms with E-state index in [0.29, 0.717) is 17.3 Å². The Balaban J connectivity index is 2.60. The Morgan fingerprint density at radius 3 is 2.76 bits per heavy atom. The Labute approximate surface area is 106 Å². The van der Waals surface area contributed by atoms with E-state index in [1.54, 1.807) is 26.2 Å². The van der Waals surface area contributed by atoms with Crippen LogP contribution in [0.15, 0.2) is 18.2 Å². The number of ether oxygens (including phenoxy) is 2. The number of rotatable bonds is 5. The summed E-state index contributed by atoms with van der Waals surface area (Å²) in [6, 6.07) is 5.35. The van der Waals surface area contributed by atoms with E-state index in [4.69, 9.17) is 16.3 Å². The molecule has 0 saturated carbocycles. The fraction of sp³-hybridized carbons (Fsp3) is 0.417. The van der Waals surface area contributed by atoms with Crippen molar-refractivity contribution in [2.45, 2.75) is 6.92 Å². The minimum Gasteiger partial charge on any atom is -0.495 e. The number of carbonyl (C=O) groups is 1. The Hall–Kier alpha value is -1.42. The lowest BCUT2D eigenvalue weighted by Gasteiger charge is -2.12. The van der Waals surface area contributed by atoms with Crippen molar-refractivity contribution in [3.8, 4) is 5.75 Å². The van der Waals surface area contributed by atoms with Crippen LogP contribution < -0.4 is 10.1 Å². The maximum Gasteiger partial charge on any atom is 0.310 e.